The normalized spacial score (nSPS) is 12.0. The van der Waals surface area contributed by atoms with Gasteiger partial charge in [0.15, 0.2) is 0 Å². The molecule has 4 heteroatoms. The second-order valence-corrected chi connectivity index (χ2v) is 4.07. The van der Waals surface area contributed by atoms with Gasteiger partial charge in [0, 0.05) is 6.10 Å². The second kappa shape index (κ2) is 16.2. The molecule has 96 valence electrons. The van der Waals surface area contributed by atoms with Gasteiger partial charge < -0.3 is 10.8 Å². The molecule has 1 aliphatic carbocycles. The van der Waals surface area contributed by atoms with E-state index in [1.807, 2.05) is 0 Å². The Morgan fingerprint density at radius 1 is 0.933 bits per heavy atom. The van der Waals surface area contributed by atoms with Crippen LogP contribution in [0.15, 0.2) is 0 Å². The number of quaternary nitrogens is 1. The molecule has 0 saturated heterocycles. The molecule has 0 aromatic heterocycles. The Kier molecular flexibility index (Phi) is 21.9. The third-order valence-electron chi connectivity index (χ3n) is 0.354. The fourth-order valence-corrected chi connectivity index (χ4v) is 0. The first kappa shape index (κ1) is 20.2. The fourth-order valence-electron chi connectivity index (χ4n) is 0. The number of hydrogen-bond donors (Lipinski definition) is 2. The molecule has 4 N–H and O–H groups in total. The zero-order valence-corrected chi connectivity index (χ0v) is 10.8. The van der Waals surface area contributed by atoms with Crippen molar-refractivity contribution in [3.63, 3.8) is 0 Å². The molecule has 1 fully saturated rings. The van der Waals surface area contributed by atoms with E-state index < -0.39 is 6.43 Å². The van der Waals surface area contributed by atoms with Crippen LogP contribution in [0.3, 0.4) is 0 Å². The number of rotatable bonds is 0. The molecular formula is C11H28F2NO+. The molecule has 0 atom stereocenters. The Balaban J connectivity index is -0.000000128. The van der Waals surface area contributed by atoms with Gasteiger partial charge in [-0.15, -0.1) is 0 Å². The molecular weight excluding hydrogens is 200 g/mol. The predicted octanol–water partition coefficient (Wildman–Crippen LogP) is 2.47. The van der Waals surface area contributed by atoms with Crippen LogP contribution < -0.4 is 5.73 Å². The Labute approximate surface area is 92.9 Å². The standard InChI is InChI=1S/C3H9N.C3H8O.C3H6.C2H4F2/c2*1-3(2)4;1-2-3-1;1-2(3)4/h3H,4H2,1-2H3;3-4H,1-2H3;1-3H2;2H,1H3/p+1. The van der Waals surface area contributed by atoms with Crippen molar-refractivity contribution >= 4 is 0 Å². The molecule has 15 heavy (non-hydrogen) atoms. The van der Waals surface area contributed by atoms with Gasteiger partial charge in [-0.2, -0.15) is 0 Å². The summed E-state index contributed by atoms with van der Waals surface area (Å²) in [4.78, 5) is 0. The van der Waals surface area contributed by atoms with Crippen LogP contribution in [0.25, 0.3) is 0 Å². The molecule has 1 rings (SSSR count). The lowest BCUT2D eigenvalue weighted by Gasteiger charge is -1.80. The van der Waals surface area contributed by atoms with E-state index >= 15 is 0 Å². The van der Waals surface area contributed by atoms with E-state index in [9.17, 15) is 8.78 Å². The van der Waals surface area contributed by atoms with Crippen LogP contribution >= 0.6 is 0 Å². The highest BCUT2D eigenvalue weighted by atomic mass is 19.3. The highest BCUT2D eigenvalue weighted by Gasteiger charge is 1.95. The van der Waals surface area contributed by atoms with Gasteiger partial charge in [-0.25, -0.2) is 8.78 Å². The molecule has 1 saturated carbocycles. The van der Waals surface area contributed by atoms with Gasteiger partial charge in [-0.05, 0) is 34.6 Å². The first-order chi connectivity index (χ1) is 6.70. The minimum atomic E-state index is -2.17. The average molecular weight is 228 g/mol. The monoisotopic (exact) mass is 228 g/mol. The number of aliphatic hydroxyl groups excluding tert-OH is 1. The summed E-state index contributed by atoms with van der Waals surface area (Å²) in [5, 5.41) is 8.06. The quantitative estimate of drug-likeness (QED) is 0.657. The fraction of sp³-hybridized carbons (Fsp3) is 1.00. The maximum absolute atomic E-state index is 10.3. The third-order valence-corrected chi connectivity index (χ3v) is 0.354. The van der Waals surface area contributed by atoms with E-state index in [4.69, 9.17) is 5.11 Å². The van der Waals surface area contributed by atoms with E-state index in [-0.39, 0.29) is 6.10 Å². The van der Waals surface area contributed by atoms with Crippen LogP contribution in [0.4, 0.5) is 8.78 Å². The largest absolute Gasteiger partial charge is 0.394 e. The van der Waals surface area contributed by atoms with Crippen LogP contribution in [-0.4, -0.2) is 23.7 Å². The summed E-state index contributed by atoms with van der Waals surface area (Å²) in [6.07, 6.45) is 2.17. The number of halogens is 2. The highest BCUT2D eigenvalue weighted by Crippen LogP contribution is 2.14. The highest BCUT2D eigenvalue weighted by molar-refractivity contribution is 4.50. The van der Waals surface area contributed by atoms with Gasteiger partial charge in [-0.3, -0.25) is 0 Å². The predicted molar refractivity (Wildman–Crippen MR) is 60.9 cm³/mol. The molecule has 0 unspecified atom stereocenters. The first-order valence-electron chi connectivity index (χ1n) is 5.49. The van der Waals surface area contributed by atoms with Gasteiger partial charge in [0.2, 0.25) is 6.43 Å². The lowest BCUT2D eigenvalue weighted by atomic mass is 10.5. The number of aliphatic hydroxyl groups is 1. The lowest BCUT2D eigenvalue weighted by Crippen LogP contribution is -2.57. The van der Waals surface area contributed by atoms with E-state index in [1.54, 1.807) is 13.8 Å². The molecule has 0 heterocycles. The van der Waals surface area contributed by atoms with E-state index in [0.717, 1.165) is 6.92 Å². The average Bonchev–Trinajstić information content (AvgIpc) is 2.61. The van der Waals surface area contributed by atoms with Gasteiger partial charge >= 0.3 is 0 Å². The SMILES string of the molecule is C1CC1.CC(C)O.CC(C)[NH3+].CC(F)F. The van der Waals surface area contributed by atoms with Crippen LogP contribution in [0.5, 0.6) is 0 Å². The molecule has 0 aliphatic heterocycles. The Morgan fingerprint density at radius 3 is 1.00 bits per heavy atom. The van der Waals surface area contributed by atoms with Crippen molar-refractivity contribution < 1.29 is 19.6 Å². The van der Waals surface area contributed by atoms with Crippen molar-refractivity contribution in [2.24, 2.45) is 0 Å². The van der Waals surface area contributed by atoms with Gasteiger partial charge in [0.25, 0.3) is 0 Å². The Bertz CT molecular complexity index is 71.3. The van der Waals surface area contributed by atoms with E-state index in [1.165, 1.54) is 19.3 Å². The van der Waals surface area contributed by atoms with Crippen molar-refractivity contribution in [2.45, 2.75) is 72.5 Å². The molecule has 0 bridgehead atoms. The van der Waals surface area contributed by atoms with Gasteiger partial charge in [0.1, 0.15) is 0 Å². The molecule has 0 radical (unpaired) electrons. The maximum atomic E-state index is 10.3. The molecule has 0 amide bonds. The Morgan fingerprint density at radius 2 is 1.00 bits per heavy atom. The van der Waals surface area contributed by atoms with Gasteiger partial charge in [-0.1, -0.05) is 19.3 Å². The summed E-state index contributed by atoms with van der Waals surface area (Å²) < 4.78 is 20.7. The maximum Gasteiger partial charge on any atom is 0.235 e. The summed E-state index contributed by atoms with van der Waals surface area (Å²) in [7, 11) is 0. The van der Waals surface area contributed by atoms with Crippen molar-refractivity contribution in [3.8, 4) is 0 Å². The molecule has 0 aromatic carbocycles. The van der Waals surface area contributed by atoms with Crippen molar-refractivity contribution in [1.82, 2.24) is 0 Å². The number of alkyl halides is 2. The van der Waals surface area contributed by atoms with Crippen LogP contribution in [-0.2, 0) is 0 Å². The zero-order chi connectivity index (χ0) is 12.9. The minimum Gasteiger partial charge on any atom is -0.394 e. The van der Waals surface area contributed by atoms with Gasteiger partial charge in [0.05, 0.1) is 6.04 Å². The summed E-state index contributed by atoms with van der Waals surface area (Å²) in [5.41, 5.74) is 3.64. The van der Waals surface area contributed by atoms with E-state index in [2.05, 4.69) is 19.6 Å². The van der Waals surface area contributed by atoms with Crippen molar-refractivity contribution in [3.05, 3.63) is 0 Å². The first-order valence-corrected chi connectivity index (χ1v) is 5.49. The molecule has 1 aliphatic rings. The van der Waals surface area contributed by atoms with Crippen molar-refractivity contribution in [1.29, 1.82) is 0 Å². The summed E-state index contributed by atoms with van der Waals surface area (Å²) in [6.45, 7) is 8.39. The van der Waals surface area contributed by atoms with E-state index in [0.29, 0.717) is 6.04 Å². The van der Waals surface area contributed by atoms with Crippen LogP contribution in [0, 0.1) is 0 Å². The minimum absolute atomic E-state index is 0.167. The molecule has 0 aromatic rings. The summed E-state index contributed by atoms with van der Waals surface area (Å²) in [5.74, 6) is 0. The third kappa shape index (κ3) is 3140. The Hall–Kier alpha value is -0.220. The smallest absolute Gasteiger partial charge is 0.235 e. The summed E-state index contributed by atoms with van der Waals surface area (Å²) >= 11 is 0. The van der Waals surface area contributed by atoms with Crippen LogP contribution in [0.2, 0.25) is 0 Å². The van der Waals surface area contributed by atoms with Crippen LogP contribution in [0.1, 0.15) is 53.9 Å². The topological polar surface area (TPSA) is 47.9 Å². The molecule has 2 nitrogen and oxygen atoms in total. The lowest BCUT2D eigenvalue weighted by molar-refractivity contribution is -0.407. The second-order valence-electron chi connectivity index (χ2n) is 4.07. The zero-order valence-electron chi connectivity index (χ0n) is 10.8. The number of hydrogen-bond acceptors (Lipinski definition) is 1. The van der Waals surface area contributed by atoms with Crippen molar-refractivity contribution in [2.75, 3.05) is 0 Å². The summed E-state index contributed by atoms with van der Waals surface area (Å²) in [6, 6.07) is 0.583. The molecule has 0 spiro atoms.